The minimum absolute atomic E-state index is 0.0620. The average molecular weight is 578 g/mol. The number of hydrogen-bond donors (Lipinski definition) is 1. The molecule has 0 saturated heterocycles. The van der Waals surface area contributed by atoms with Crippen LogP contribution in [0.15, 0.2) is 18.2 Å². The molecule has 0 radical (unpaired) electrons. The van der Waals surface area contributed by atoms with Gasteiger partial charge in [0.2, 0.25) is 0 Å². The van der Waals surface area contributed by atoms with Crippen LogP contribution in [0.4, 0.5) is 4.79 Å². The van der Waals surface area contributed by atoms with Gasteiger partial charge in [0.05, 0.1) is 10.8 Å². The molecule has 1 aromatic rings. The number of carbonyl (C=O) groups excluding carboxylic acids is 4. The first-order chi connectivity index (χ1) is 19.2. The predicted molar refractivity (Wildman–Crippen MR) is 152 cm³/mol. The van der Waals surface area contributed by atoms with Crippen LogP contribution in [0.2, 0.25) is 0 Å². The van der Waals surface area contributed by atoms with Gasteiger partial charge in [-0.3, -0.25) is 14.4 Å². The Morgan fingerprint density at radius 3 is 2.02 bits per heavy atom. The van der Waals surface area contributed by atoms with Crippen LogP contribution < -0.4 is 15.2 Å². The Hall–Kier alpha value is -3.14. The van der Waals surface area contributed by atoms with E-state index in [4.69, 9.17) is 29.4 Å². The van der Waals surface area contributed by atoms with Gasteiger partial charge in [0.1, 0.15) is 24.9 Å². The maximum atomic E-state index is 12.8. The maximum Gasteiger partial charge on any atom is 0.508 e. The molecule has 0 spiro atoms. The Morgan fingerprint density at radius 2 is 1.46 bits per heavy atom. The van der Waals surface area contributed by atoms with Gasteiger partial charge in [0.25, 0.3) is 0 Å². The minimum atomic E-state index is -1.05. The lowest BCUT2D eigenvalue weighted by molar-refractivity contribution is -0.152. The zero-order valence-electron chi connectivity index (χ0n) is 25.6. The summed E-state index contributed by atoms with van der Waals surface area (Å²) < 4.78 is 27.0. The second-order valence-corrected chi connectivity index (χ2v) is 12.0. The van der Waals surface area contributed by atoms with Crippen molar-refractivity contribution < 1.29 is 42.9 Å². The summed E-state index contributed by atoms with van der Waals surface area (Å²) in [5, 5.41) is 0. The van der Waals surface area contributed by atoms with Crippen molar-refractivity contribution >= 4 is 24.1 Å². The topological polar surface area (TPSA) is 140 Å². The zero-order valence-corrected chi connectivity index (χ0v) is 25.6. The third-order valence-electron chi connectivity index (χ3n) is 7.61. The number of rotatable bonds is 13. The third-order valence-corrected chi connectivity index (χ3v) is 7.61. The molecule has 1 fully saturated rings. The highest BCUT2D eigenvalue weighted by Gasteiger charge is 2.32. The quantitative estimate of drug-likeness (QED) is 0.231. The van der Waals surface area contributed by atoms with Gasteiger partial charge in [-0.2, -0.15) is 0 Å². The number of hydrogen-bond acceptors (Lipinski definition) is 10. The molecule has 1 aliphatic rings. The Labute approximate surface area is 243 Å². The molecule has 2 rings (SSSR count). The van der Waals surface area contributed by atoms with Gasteiger partial charge in [-0.05, 0) is 97.3 Å². The summed E-state index contributed by atoms with van der Waals surface area (Å²) in [5.41, 5.74) is 5.19. The van der Waals surface area contributed by atoms with Crippen molar-refractivity contribution in [3.05, 3.63) is 23.8 Å². The predicted octanol–water partition coefficient (Wildman–Crippen LogP) is 5.66. The molecule has 2 atom stereocenters. The largest absolute Gasteiger partial charge is 0.508 e. The van der Waals surface area contributed by atoms with Crippen LogP contribution in [0, 0.1) is 10.8 Å². The summed E-state index contributed by atoms with van der Waals surface area (Å²) in [6.45, 7) is 12.2. The van der Waals surface area contributed by atoms with Crippen LogP contribution in [0.25, 0.3) is 0 Å². The van der Waals surface area contributed by atoms with Crippen LogP contribution in [0.5, 0.6) is 11.5 Å². The first kappa shape index (κ1) is 34.1. The van der Waals surface area contributed by atoms with E-state index in [-0.39, 0.29) is 30.6 Å². The number of benzene rings is 1. The maximum absolute atomic E-state index is 12.8. The smallest absolute Gasteiger partial charge is 0.458 e. The lowest BCUT2D eigenvalue weighted by Gasteiger charge is -2.24. The first-order valence-corrected chi connectivity index (χ1v) is 14.6. The number of esters is 3. The molecule has 0 unspecified atom stereocenters. The summed E-state index contributed by atoms with van der Waals surface area (Å²) in [7, 11) is 0. The SMILES string of the molecule is CCC(C)(C)C(=O)Oc1ccc(C[C@H](N)C(=O)O[C@@H](C)COC(=O)OC2CCCCC2)cc1OC(=O)C(C)(C)CC. The van der Waals surface area contributed by atoms with Crippen LogP contribution in [0.1, 0.15) is 99.0 Å². The van der Waals surface area contributed by atoms with Crippen molar-refractivity contribution in [2.75, 3.05) is 6.61 Å². The van der Waals surface area contributed by atoms with Crippen LogP contribution in [-0.4, -0.2) is 48.9 Å². The van der Waals surface area contributed by atoms with Gasteiger partial charge in [0, 0.05) is 0 Å². The van der Waals surface area contributed by atoms with Gasteiger partial charge in [-0.15, -0.1) is 0 Å². The molecular formula is C31H47NO9. The molecule has 0 amide bonds. The summed E-state index contributed by atoms with van der Waals surface area (Å²) in [4.78, 5) is 50.1. The minimum Gasteiger partial charge on any atom is -0.458 e. The van der Waals surface area contributed by atoms with E-state index >= 15 is 0 Å². The molecular weight excluding hydrogens is 530 g/mol. The van der Waals surface area contributed by atoms with E-state index in [0.29, 0.717) is 18.4 Å². The van der Waals surface area contributed by atoms with Gasteiger partial charge in [-0.1, -0.05) is 26.3 Å². The molecule has 0 bridgehead atoms. The van der Waals surface area contributed by atoms with Crippen molar-refractivity contribution in [2.45, 2.75) is 118 Å². The average Bonchev–Trinajstić information content (AvgIpc) is 2.93. The molecule has 0 aromatic heterocycles. The molecule has 230 valence electrons. The molecule has 10 heteroatoms. The highest BCUT2D eigenvalue weighted by atomic mass is 16.7. The van der Waals surface area contributed by atoms with Crippen LogP contribution >= 0.6 is 0 Å². The second-order valence-electron chi connectivity index (χ2n) is 12.0. The molecule has 1 aromatic carbocycles. The summed E-state index contributed by atoms with van der Waals surface area (Å²) in [5.74, 6) is -1.47. The molecule has 1 saturated carbocycles. The van der Waals surface area contributed by atoms with Crippen molar-refractivity contribution in [1.29, 1.82) is 0 Å². The molecule has 41 heavy (non-hydrogen) atoms. The number of nitrogens with two attached hydrogens (primary N) is 1. The number of ether oxygens (including phenoxy) is 5. The van der Waals surface area contributed by atoms with Crippen LogP contribution in [0.3, 0.4) is 0 Å². The monoisotopic (exact) mass is 577 g/mol. The standard InChI is InChI=1S/C31H47NO9/c1-8-30(4,5)27(34)40-24-16-15-21(18-25(24)41-28(35)31(6,7)9-2)17-23(32)26(33)38-20(3)19-37-29(36)39-22-13-11-10-12-14-22/h15-16,18,20,22-23H,8-14,17,19,32H2,1-7H3/t20-,23-/m0/s1. The molecule has 2 N–H and O–H groups in total. The first-order valence-electron chi connectivity index (χ1n) is 14.6. The van der Waals surface area contributed by atoms with E-state index in [0.717, 1.165) is 32.1 Å². The number of carbonyl (C=O) groups is 4. The van der Waals surface area contributed by atoms with E-state index in [9.17, 15) is 19.2 Å². The van der Waals surface area contributed by atoms with Gasteiger partial charge in [-0.25, -0.2) is 4.79 Å². The summed E-state index contributed by atoms with van der Waals surface area (Å²) in [6.07, 6.45) is 4.36. The molecule has 1 aliphatic carbocycles. The van der Waals surface area contributed by atoms with Crippen molar-refractivity contribution in [1.82, 2.24) is 0 Å². The molecule has 10 nitrogen and oxygen atoms in total. The Balaban J connectivity index is 2.03. The highest BCUT2D eigenvalue weighted by Crippen LogP contribution is 2.34. The zero-order chi connectivity index (χ0) is 30.8. The summed E-state index contributed by atoms with van der Waals surface area (Å²) >= 11 is 0. The van der Waals surface area contributed by atoms with E-state index in [1.54, 1.807) is 40.7 Å². The third kappa shape index (κ3) is 10.6. The van der Waals surface area contributed by atoms with Crippen LogP contribution in [-0.2, 0) is 35.0 Å². The van der Waals surface area contributed by atoms with E-state index in [1.807, 2.05) is 13.8 Å². The van der Waals surface area contributed by atoms with Gasteiger partial charge in [0.15, 0.2) is 11.5 Å². The van der Waals surface area contributed by atoms with Gasteiger partial charge >= 0.3 is 24.1 Å². The van der Waals surface area contributed by atoms with Gasteiger partial charge < -0.3 is 29.4 Å². The fourth-order valence-electron chi connectivity index (χ4n) is 3.80. The normalized spacial score (nSPS) is 15.8. The summed E-state index contributed by atoms with van der Waals surface area (Å²) in [6, 6.07) is 3.65. The lowest BCUT2D eigenvalue weighted by Crippen LogP contribution is -2.37. The Bertz CT molecular complexity index is 1060. The van der Waals surface area contributed by atoms with Crippen molar-refractivity contribution in [3.63, 3.8) is 0 Å². The second kappa shape index (κ2) is 15.2. The van der Waals surface area contributed by atoms with E-state index in [2.05, 4.69) is 0 Å². The fraction of sp³-hybridized carbons (Fsp3) is 0.677. The highest BCUT2D eigenvalue weighted by molar-refractivity contribution is 5.81. The Morgan fingerprint density at radius 1 is 0.902 bits per heavy atom. The molecule has 0 aliphatic heterocycles. The van der Waals surface area contributed by atoms with E-state index < -0.39 is 47.0 Å². The Kier molecular flexibility index (Phi) is 12.6. The van der Waals surface area contributed by atoms with E-state index in [1.165, 1.54) is 12.1 Å². The van der Waals surface area contributed by atoms with Crippen molar-refractivity contribution in [2.24, 2.45) is 16.6 Å². The lowest BCUT2D eigenvalue weighted by atomic mass is 9.90. The molecule has 0 heterocycles. The van der Waals surface area contributed by atoms with Crippen molar-refractivity contribution in [3.8, 4) is 11.5 Å². The fourth-order valence-corrected chi connectivity index (χ4v) is 3.80.